The molecule has 4 unspecified atom stereocenters. The molecule has 0 aliphatic heterocycles. The molecular formula is C58H52N2. The zero-order chi connectivity index (χ0) is 41.3. The fourth-order valence-electron chi connectivity index (χ4n) is 9.38. The average Bonchev–Trinajstić information content (AvgIpc) is 3.59. The van der Waals surface area contributed by atoms with Crippen LogP contribution in [0.5, 0.6) is 0 Å². The molecule has 0 heterocycles. The van der Waals surface area contributed by atoms with Crippen molar-refractivity contribution in [2.75, 3.05) is 0 Å². The van der Waals surface area contributed by atoms with Gasteiger partial charge in [-0.3, -0.25) is 0 Å². The summed E-state index contributed by atoms with van der Waals surface area (Å²) in [7, 11) is 0. The van der Waals surface area contributed by atoms with Crippen LogP contribution >= 0.6 is 0 Å². The van der Waals surface area contributed by atoms with E-state index in [4.69, 9.17) is 9.98 Å². The molecule has 8 aromatic carbocycles. The SMILES string of the molecule is Cc1cc(C(C)c2ccccc2)c(N=C2C(=Nc3c(C(C)c4ccccc4)cc(C)cc3C(C)c3ccccc3)c3cccc4cccc2c34)c(C(C)c2ccccc2)c1. The van der Waals surface area contributed by atoms with E-state index in [1.54, 1.807) is 0 Å². The van der Waals surface area contributed by atoms with Crippen LogP contribution in [0.25, 0.3) is 10.8 Å². The Morgan fingerprint density at radius 2 is 0.617 bits per heavy atom. The Morgan fingerprint density at radius 1 is 0.333 bits per heavy atom. The van der Waals surface area contributed by atoms with Gasteiger partial charge in [-0.1, -0.05) is 221 Å². The summed E-state index contributed by atoms with van der Waals surface area (Å²) < 4.78 is 0. The molecule has 4 atom stereocenters. The highest BCUT2D eigenvalue weighted by Crippen LogP contribution is 2.45. The first kappa shape index (κ1) is 38.9. The highest BCUT2D eigenvalue weighted by molar-refractivity contribution is 6.61. The van der Waals surface area contributed by atoms with E-state index >= 15 is 0 Å². The predicted molar refractivity (Wildman–Crippen MR) is 255 cm³/mol. The maximum atomic E-state index is 5.98. The fraction of sp³-hybridized carbons (Fsp3) is 0.172. The highest BCUT2D eigenvalue weighted by Gasteiger charge is 2.31. The summed E-state index contributed by atoms with van der Waals surface area (Å²) in [5, 5.41) is 2.41. The van der Waals surface area contributed by atoms with Crippen LogP contribution in [0.15, 0.2) is 192 Å². The van der Waals surface area contributed by atoms with Crippen LogP contribution in [0.2, 0.25) is 0 Å². The maximum Gasteiger partial charge on any atom is 0.0979 e. The molecule has 60 heavy (non-hydrogen) atoms. The first-order valence-electron chi connectivity index (χ1n) is 21.5. The van der Waals surface area contributed by atoms with Gasteiger partial charge in [0.05, 0.1) is 22.8 Å². The van der Waals surface area contributed by atoms with Crippen molar-refractivity contribution in [3.63, 3.8) is 0 Å². The normalized spacial score (nSPS) is 15.6. The lowest BCUT2D eigenvalue weighted by Crippen LogP contribution is -2.13. The van der Waals surface area contributed by atoms with E-state index in [9.17, 15) is 0 Å². The molecule has 8 aromatic rings. The molecule has 0 aromatic heterocycles. The molecule has 0 saturated heterocycles. The van der Waals surface area contributed by atoms with Crippen molar-refractivity contribution in [2.24, 2.45) is 9.98 Å². The van der Waals surface area contributed by atoms with E-state index in [-0.39, 0.29) is 23.7 Å². The standard InChI is InChI=1S/C58H52N2/c1-37-33-50(39(3)43-21-11-7-12-22-43)55(51(34-37)40(4)44-23-13-8-14-24-44)59-57-48-31-19-29-47-30-20-32-49(54(47)48)58(57)60-56-52(41(5)45-25-15-9-16-26-45)35-38(2)36-53(56)42(6)46-27-17-10-18-28-46/h7-36,39-42H,1-6H3. The summed E-state index contributed by atoms with van der Waals surface area (Å²) in [6, 6.07) is 66.2. The lowest BCUT2D eigenvalue weighted by molar-refractivity contribution is 0.883. The molecule has 0 amide bonds. The van der Waals surface area contributed by atoms with Gasteiger partial charge in [0.25, 0.3) is 0 Å². The van der Waals surface area contributed by atoms with Crippen molar-refractivity contribution in [3.8, 4) is 0 Å². The van der Waals surface area contributed by atoms with Crippen LogP contribution in [0.4, 0.5) is 11.4 Å². The van der Waals surface area contributed by atoms with Crippen LogP contribution in [0.1, 0.15) is 118 Å². The van der Waals surface area contributed by atoms with Gasteiger partial charge in [0.15, 0.2) is 0 Å². The van der Waals surface area contributed by atoms with Crippen LogP contribution < -0.4 is 0 Å². The highest BCUT2D eigenvalue weighted by atomic mass is 14.9. The monoisotopic (exact) mass is 776 g/mol. The zero-order valence-corrected chi connectivity index (χ0v) is 35.5. The number of nitrogens with zero attached hydrogens (tertiary/aromatic N) is 2. The topological polar surface area (TPSA) is 24.7 Å². The van der Waals surface area contributed by atoms with E-state index in [0.717, 1.165) is 33.9 Å². The second-order valence-electron chi connectivity index (χ2n) is 16.7. The molecule has 0 N–H and O–H groups in total. The van der Waals surface area contributed by atoms with E-state index in [0.29, 0.717) is 0 Å². The minimum absolute atomic E-state index is 0.112. The van der Waals surface area contributed by atoms with Crippen molar-refractivity contribution in [3.05, 3.63) is 249 Å². The average molecular weight is 777 g/mol. The third-order valence-corrected chi connectivity index (χ3v) is 12.8. The van der Waals surface area contributed by atoms with Gasteiger partial charge < -0.3 is 0 Å². The number of hydrogen-bond donors (Lipinski definition) is 0. The molecular weight excluding hydrogens is 725 g/mol. The summed E-state index contributed by atoms with van der Waals surface area (Å²) >= 11 is 0. The number of benzene rings is 8. The number of aliphatic imine (C=N–C) groups is 2. The summed E-state index contributed by atoms with van der Waals surface area (Å²) in [5.41, 5.74) is 18.6. The Morgan fingerprint density at radius 3 is 0.900 bits per heavy atom. The van der Waals surface area contributed by atoms with Crippen molar-refractivity contribution < 1.29 is 0 Å². The molecule has 0 saturated carbocycles. The number of aryl methyl sites for hydroxylation is 2. The second kappa shape index (κ2) is 16.5. The minimum Gasteiger partial charge on any atom is -0.245 e. The van der Waals surface area contributed by atoms with Gasteiger partial charge in [-0.2, -0.15) is 0 Å². The van der Waals surface area contributed by atoms with Crippen molar-refractivity contribution in [1.82, 2.24) is 0 Å². The molecule has 2 nitrogen and oxygen atoms in total. The van der Waals surface area contributed by atoms with Crippen LogP contribution in [0, 0.1) is 13.8 Å². The van der Waals surface area contributed by atoms with Crippen molar-refractivity contribution in [2.45, 2.75) is 65.2 Å². The molecule has 1 aliphatic rings. The van der Waals surface area contributed by atoms with Gasteiger partial charge in [0.1, 0.15) is 0 Å². The largest absolute Gasteiger partial charge is 0.245 e. The quantitative estimate of drug-likeness (QED) is 0.132. The summed E-state index contributed by atoms with van der Waals surface area (Å²) in [6.07, 6.45) is 0. The number of hydrogen-bond acceptors (Lipinski definition) is 2. The Balaban J connectivity index is 1.35. The van der Waals surface area contributed by atoms with Gasteiger partial charge in [-0.05, 0) is 63.7 Å². The van der Waals surface area contributed by atoms with Crippen molar-refractivity contribution >= 4 is 33.6 Å². The molecule has 0 radical (unpaired) electrons. The van der Waals surface area contributed by atoms with Gasteiger partial charge in [0.2, 0.25) is 0 Å². The minimum atomic E-state index is 0.112. The summed E-state index contributed by atoms with van der Waals surface area (Å²) in [5.74, 6) is 0.448. The summed E-state index contributed by atoms with van der Waals surface area (Å²) in [6.45, 7) is 13.7. The molecule has 0 bridgehead atoms. The van der Waals surface area contributed by atoms with Crippen LogP contribution in [0.3, 0.4) is 0 Å². The van der Waals surface area contributed by atoms with E-state index < -0.39 is 0 Å². The molecule has 0 fully saturated rings. The Bertz CT molecular complexity index is 2540. The number of rotatable bonds is 10. The molecule has 0 spiro atoms. The van der Waals surface area contributed by atoms with Gasteiger partial charge in [0, 0.05) is 40.2 Å². The lowest BCUT2D eigenvalue weighted by atomic mass is 9.84. The first-order valence-corrected chi connectivity index (χ1v) is 21.5. The Kier molecular flexibility index (Phi) is 10.7. The van der Waals surface area contributed by atoms with Gasteiger partial charge in [-0.25, -0.2) is 9.98 Å². The van der Waals surface area contributed by atoms with Crippen LogP contribution in [-0.4, -0.2) is 11.4 Å². The second-order valence-corrected chi connectivity index (χ2v) is 16.7. The van der Waals surface area contributed by atoms with Crippen LogP contribution in [-0.2, 0) is 0 Å². The summed E-state index contributed by atoms with van der Waals surface area (Å²) in [4.78, 5) is 12.0. The maximum absolute atomic E-state index is 5.98. The van der Waals surface area contributed by atoms with Gasteiger partial charge in [-0.15, -0.1) is 0 Å². The Labute approximate surface area is 356 Å². The Hall–Kier alpha value is -6.64. The first-order chi connectivity index (χ1) is 29.3. The third kappa shape index (κ3) is 7.32. The van der Waals surface area contributed by atoms with Crippen molar-refractivity contribution in [1.29, 1.82) is 0 Å². The predicted octanol–water partition coefficient (Wildman–Crippen LogP) is 15.3. The molecule has 2 heteroatoms. The molecule has 9 rings (SSSR count). The zero-order valence-electron chi connectivity index (χ0n) is 35.5. The van der Waals surface area contributed by atoms with Gasteiger partial charge >= 0.3 is 0 Å². The lowest BCUT2D eigenvalue weighted by Gasteiger charge is -2.24. The fourth-order valence-corrected chi connectivity index (χ4v) is 9.38. The third-order valence-electron chi connectivity index (χ3n) is 12.8. The molecule has 1 aliphatic carbocycles. The van der Waals surface area contributed by atoms with E-state index in [2.05, 4.69) is 224 Å². The smallest absolute Gasteiger partial charge is 0.0979 e. The van der Waals surface area contributed by atoms with E-state index in [1.165, 1.54) is 66.4 Å². The van der Waals surface area contributed by atoms with E-state index in [1.807, 2.05) is 0 Å². The molecule has 294 valence electrons.